The van der Waals surface area contributed by atoms with Crippen LogP contribution in [0.1, 0.15) is 32.6 Å². The van der Waals surface area contributed by atoms with Gasteiger partial charge in [-0.2, -0.15) is 0 Å². The van der Waals surface area contributed by atoms with Crippen molar-refractivity contribution in [3.05, 3.63) is 24.3 Å². The van der Waals surface area contributed by atoms with Crippen LogP contribution in [0, 0.1) is 0 Å². The zero-order valence-electron chi connectivity index (χ0n) is 11.6. The van der Waals surface area contributed by atoms with Gasteiger partial charge >= 0.3 is 0 Å². The zero-order chi connectivity index (χ0) is 14.8. The minimum absolute atomic E-state index is 0.00630. The molecule has 3 N–H and O–H groups in total. The lowest BCUT2D eigenvalue weighted by molar-refractivity contribution is -0.121. The summed E-state index contributed by atoms with van der Waals surface area (Å²) in [5.41, 5.74) is 5.52. The Morgan fingerprint density at radius 2 is 1.90 bits per heavy atom. The molecule has 5 nitrogen and oxygen atoms in total. The van der Waals surface area contributed by atoms with E-state index in [9.17, 15) is 13.2 Å². The number of hydrogen-bond donors (Lipinski definition) is 2. The molecule has 0 bridgehead atoms. The smallest absolute Gasteiger partial charge is 0.244 e. The third-order valence-corrected chi connectivity index (χ3v) is 5.58. The molecule has 1 amide bonds. The monoisotopic (exact) mass is 296 g/mol. The quantitative estimate of drug-likeness (QED) is 0.885. The Morgan fingerprint density at radius 1 is 1.30 bits per heavy atom. The number of para-hydroxylation sites is 1. The van der Waals surface area contributed by atoms with Crippen molar-refractivity contribution in [1.29, 1.82) is 0 Å². The summed E-state index contributed by atoms with van der Waals surface area (Å²) >= 11 is 0. The minimum atomic E-state index is -3.37. The van der Waals surface area contributed by atoms with E-state index in [2.05, 4.69) is 5.32 Å². The van der Waals surface area contributed by atoms with Gasteiger partial charge < -0.3 is 11.1 Å². The fraction of sp³-hybridized carbons (Fsp3) is 0.500. The van der Waals surface area contributed by atoms with E-state index >= 15 is 0 Å². The summed E-state index contributed by atoms with van der Waals surface area (Å²) in [5.74, 6) is -0.304. The van der Waals surface area contributed by atoms with E-state index in [0.717, 1.165) is 12.8 Å². The van der Waals surface area contributed by atoms with Crippen LogP contribution in [0.25, 0.3) is 0 Å². The first-order chi connectivity index (χ1) is 9.39. The highest BCUT2D eigenvalue weighted by Gasteiger charge is 2.37. The Bertz CT molecular complexity index is 605. The fourth-order valence-corrected chi connectivity index (χ4v) is 3.53. The van der Waals surface area contributed by atoms with Crippen LogP contribution in [0.4, 0.5) is 5.69 Å². The topological polar surface area (TPSA) is 89.3 Å². The molecule has 1 aliphatic carbocycles. The number of anilines is 1. The Morgan fingerprint density at radius 3 is 2.50 bits per heavy atom. The summed E-state index contributed by atoms with van der Waals surface area (Å²) in [6, 6.07) is 6.44. The molecule has 6 heteroatoms. The first-order valence-corrected chi connectivity index (χ1v) is 8.46. The second-order valence-corrected chi connectivity index (χ2v) is 7.46. The van der Waals surface area contributed by atoms with Crippen molar-refractivity contribution < 1.29 is 13.2 Å². The van der Waals surface area contributed by atoms with E-state index in [1.54, 1.807) is 25.1 Å². The lowest BCUT2D eigenvalue weighted by atomic mass is 9.98. The average Bonchev–Trinajstić information content (AvgIpc) is 2.87. The lowest BCUT2D eigenvalue weighted by Crippen LogP contribution is -2.48. The minimum Gasteiger partial charge on any atom is -0.323 e. The Labute approximate surface area is 119 Å². The van der Waals surface area contributed by atoms with E-state index in [1.807, 2.05) is 0 Å². The number of rotatable bonds is 4. The largest absolute Gasteiger partial charge is 0.323 e. The van der Waals surface area contributed by atoms with Crippen molar-refractivity contribution in [2.45, 2.75) is 43.0 Å². The fourth-order valence-electron chi connectivity index (χ4n) is 2.48. The highest BCUT2D eigenvalue weighted by atomic mass is 32.2. The number of amides is 1. The molecule has 1 aromatic rings. The van der Waals surface area contributed by atoms with Crippen molar-refractivity contribution in [3.63, 3.8) is 0 Å². The maximum Gasteiger partial charge on any atom is 0.244 e. The number of carbonyl (C=O) groups excluding carboxylic acids is 1. The molecule has 0 unspecified atom stereocenters. The van der Waals surface area contributed by atoms with Gasteiger partial charge in [-0.05, 0) is 25.0 Å². The predicted molar refractivity (Wildman–Crippen MR) is 78.2 cm³/mol. The SMILES string of the molecule is CCS(=O)(=O)c1ccccc1NC(=O)C1(N)CCCC1. The molecule has 20 heavy (non-hydrogen) atoms. The maximum atomic E-state index is 12.3. The molecule has 1 saturated carbocycles. The number of nitrogens with two attached hydrogens (primary N) is 1. The van der Waals surface area contributed by atoms with Crippen LogP contribution in [0.3, 0.4) is 0 Å². The average molecular weight is 296 g/mol. The number of sulfone groups is 1. The number of carbonyl (C=O) groups is 1. The summed E-state index contributed by atoms with van der Waals surface area (Å²) in [7, 11) is -3.37. The van der Waals surface area contributed by atoms with E-state index in [-0.39, 0.29) is 16.6 Å². The summed E-state index contributed by atoms with van der Waals surface area (Å²) in [5, 5.41) is 2.69. The van der Waals surface area contributed by atoms with E-state index in [1.165, 1.54) is 6.07 Å². The van der Waals surface area contributed by atoms with Gasteiger partial charge in [0.25, 0.3) is 0 Å². The summed E-state index contributed by atoms with van der Waals surface area (Å²) in [6.45, 7) is 1.58. The molecule has 0 spiro atoms. The third kappa shape index (κ3) is 2.86. The standard InChI is InChI=1S/C14H20N2O3S/c1-2-20(18,19)12-8-4-3-7-11(12)16-13(17)14(15)9-5-6-10-14/h3-4,7-8H,2,5-6,9-10,15H2,1H3,(H,16,17). The molecule has 1 fully saturated rings. The van der Waals surface area contributed by atoms with Gasteiger partial charge in [0.15, 0.2) is 9.84 Å². The predicted octanol–water partition coefficient (Wildman–Crippen LogP) is 1.69. The van der Waals surface area contributed by atoms with Gasteiger partial charge in [-0.3, -0.25) is 4.79 Å². The van der Waals surface area contributed by atoms with Gasteiger partial charge in [-0.15, -0.1) is 0 Å². The van der Waals surface area contributed by atoms with Gasteiger partial charge in [0, 0.05) is 0 Å². The van der Waals surface area contributed by atoms with Crippen LogP contribution in [0.15, 0.2) is 29.2 Å². The van der Waals surface area contributed by atoms with Crippen molar-refractivity contribution in [2.24, 2.45) is 5.73 Å². The highest BCUT2D eigenvalue weighted by molar-refractivity contribution is 7.91. The van der Waals surface area contributed by atoms with Crippen LogP contribution < -0.4 is 11.1 Å². The van der Waals surface area contributed by atoms with Gasteiger partial charge in [-0.25, -0.2) is 8.42 Å². The van der Waals surface area contributed by atoms with E-state index in [4.69, 9.17) is 5.73 Å². The summed E-state index contributed by atoms with van der Waals surface area (Å²) in [4.78, 5) is 12.4. The molecule has 1 aliphatic rings. The molecule has 2 rings (SSSR count). The van der Waals surface area contributed by atoms with Gasteiger partial charge in [0.05, 0.1) is 21.9 Å². The van der Waals surface area contributed by atoms with Crippen molar-refractivity contribution in [2.75, 3.05) is 11.1 Å². The molecular formula is C14H20N2O3S. The van der Waals surface area contributed by atoms with Gasteiger partial charge in [0.1, 0.15) is 0 Å². The molecule has 0 saturated heterocycles. The normalized spacial score (nSPS) is 17.9. The molecule has 0 atom stereocenters. The molecule has 0 heterocycles. The summed E-state index contributed by atoms with van der Waals surface area (Å²) < 4.78 is 24.0. The molecule has 110 valence electrons. The Hall–Kier alpha value is -1.40. The number of hydrogen-bond acceptors (Lipinski definition) is 4. The molecule has 0 aliphatic heterocycles. The molecular weight excluding hydrogens is 276 g/mol. The Balaban J connectivity index is 2.29. The second-order valence-electron chi connectivity index (χ2n) is 5.22. The van der Waals surface area contributed by atoms with Crippen LogP contribution in [-0.4, -0.2) is 25.6 Å². The lowest BCUT2D eigenvalue weighted by Gasteiger charge is -2.23. The number of benzene rings is 1. The zero-order valence-corrected chi connectivity index (χ0v) is 12.4. The van der Waals surface area contributed by atoms with Crippen molar-refractivity contribution >= 4 is 21.4 Å². The van der Waals surface area contributed by atoms with Crippen LogP contribution in [0.5, 0.6) is 0 Å². The third-order valence-electron chi connectivity index (χ3n) is 3.80. The molecule has 0 aromatic heterocycles. The van der Waals surface area contributed by atoms with E-state index < -0.39 is 15.4 Å². The van der Waals surface area contributed by atoms with Crippen LogP contribution in [0.2, 0.25) is 0 Å². The Kier molecular flexibility index (Phi) is 4.15. The van der Waals surface area contributed by atoms with Gasteiger partial charge in [0.2, 0.25) is 5.91 Å². The molecule has 1 aromatic carbocycles. The van der Waals surface area contributed by atoms with Crippen molar-refractivity contribution in [3.8, 4) is 0 Å². The molecule has 0 radical (unpaired) electrons. The van der Waals surface area contributed by atoms with Crippen molar-refractivity contribution in [1.82, 2.24) is 0 Å². The maximum absolute atomic E-state index is 12.3. The van der Waals surface area contributed by atoms with Crippen LogP contribution >= 0.6 is 0 Å². The second kappa shape index (κ2) is 5.54. The number of nitrogens with one attached hydrogen (secondary N) is 1. The van der Waals surface area contributed by atoms with Gasteiger partial charge in [-0.1, -0.05) is 31.9 Å². The van der Waals surface area contributed by atoms with E-state index in [0.29, 0.717) is 18.5 Å². The highest BCUT2D eigenvalue weighted by Crippen LogP contribution is 2.30. The van der Waals surface area contributed by atoms with Crippen LogP contribution in [-0.2, 0) is 14.6 Å². The first kappa shape index (κ1) is 15.0. The first-order valence-electron chi connectivity index (χ1n) is 6.81. The summed E-state index contributed by atoms with van der Waals surface area (Å²) in [6.07, 6.45) is 3.14.